The fraction of sp³-hybridized carbons (Fsp3) is 0. The number of hydrogen-bond donors (Lipinski definition) is 0. The van der Waals surface area contributed by atoms with Crippen LogP contribution in [-0.4, -0.2) is 0 Å². The molecule has 2 heteroatoms. The van der Waals surface area contributed by atoms with Gasteiger partial charge >= 0.3 is 0 Å². The van der Waals surface area contributed by atoms with Gasteiger partial charge in [-0.25, -0.2) is 0 Å². The van der Waals surface area contributed by atoms with Crippen molar-refractivity contribution in [3.8, 4) is 44.5 Å². The van der Waals surface area contributed by atoms with Crippen LogP contribution >= 0.6 is 0 Å². The third kappa shape index (κ3) is 5.15. The predicted molar refractivity (Wildman–Crippen MR) is 210 cm³/mol. The van der Waals surface area contributed by atoms with E-state index in [0.717, 1.165) is 50.1 Å². The van der Waals surface area contributed by atoms with E-state index >= 15 is 0 Å². The van der Waals surface area contributed by atoms with Crippen LogP contribution in [0.5, 0.6) is 0 Å². The van der Waals surface area contributed by atoms with Crippen LogP contribution in [-0.2, 0) is 0 Å². The van der Waals surface area contributed by atoms with Crippen molar-refractivity contribution in [3.63, 3.8) is 0 Å². The van der Waals surface area contributed by atoms with Gasteiger partial charge in [-0.15, -0.1) is 0 Å². The van der Waals surface area contributed by atoms with E-state index in [1.807, 2.05) is 6.07 Å². The molecule has 0 bridgehead atoms. The summed E-state index contributed by atoms with van der Waals surface area (Å²) in [5, 5.41) is 2.17. The Morgan fingerprint density at radius 3 is 1.24 bits per heavy atom. The lowest BCUT2D eigenvalue weighted by atomic mass is 9.91. The first kappa shape index (κ1) is 29.5. The summed E-state index contributed by atoms with van der Waals surface area (Å²) in [4.78, 5) is 2.44. The minimum Gasteiger partial charge on any atom is -0.456 e. The van der Waals surface area contributed by atoms with Crippen LogP contribution in [0, 0.1) is 0 Å². The number of rotatable bonds is 7. The van der Waals surface area contributed by atoms with Crippen molar-refractivity contribution in [2.75, 3.05) is 4.90 Å². The molecule has 0 unspecified atom stereocenters. The highest BCUT2D eigenvalue weighted by Crippen LogP contribution is 2.50. The zero-order valence-corrected chi connectivity index (χ0v) is 27.4. The quantitative estimate of drug-likeness (QED) is 0.173. The van der Waals surface area contributed by atoms with E-state index in [-0.39, 0.29) is 0 Å². The minimum absolute atomic E-state index is 0.859. The largest absolute Gasteiger partial charge is 0.456 e. The first-order valence-corrected chi connectivity index (χ1v) is 17.0. The highest BCUT2D eigenvalue weighted by Gasteiger charge is 2.25. The molecule has 9 aromatic rings. The summed E-state index contributed by atoms with van der Waals surface area (Å²) in [5.74, 6) is 0. The number of nitrogens with zero attached hydrogens (tertiary/aromatic N) is 1. The van der Waals surface area contributed by atoms with Crippen LogP contribution < -0.4 is 4.90 Å². The number of benzene rings is 8. The van der Waals surface area contributed by atoms with Gasteiger partial charge in [-0.05, 0) is 63.7 Å². The lowest BCUT2D eigenvalue weighted by molar-refractivity contribution is 0.669. The second-order valence-corrected chi connectivity index (χ2v) is 12.4. The molecule has 0 atom stereocenters. The molecule has 1 heterocycles. The van der Waals surface area contributed by atoms with Crippen LogP contribution in [0.1, 0.15) is 0 Å². The van der Waals surface area contributed by atoms with E-state index in [1.54, 1.807) is 0 Å². The van der Waals surface area contributed by atoms with Crippen LogP contribution in [0.25, 0.3) is 66.4 Å². The van der Waals surface area contributed by atoms with Gasteiger partial charge in [0, 0.05) is 16.5 Å². The third-order valence-electron chi connectivity index (χ3n) is 9.52. The van der Waals surface area contributed by atoms with Gasteiger partial charge in [0.25, 0.3) is 0 Å². The normalized spacial score (nSPS) is 11.2. The van der Waals surface area contributed by atoms with Gasteiger partial charge in [0.2, 0.25) is 0 Å². The molecule has 0 aliphatic heterocycles. The molecule has 0 saturated heterocycles. The molecule has 1 aromatic heterocycles. The van der Waals surface area contributed by atoms with Crippen molar-refractivity contribution in [2.45, 2.75) is 0 Å². The number of para-hydroxylation sites is 3. The second kappa shape index (κ2) is 12.8. The molecule has 8 aromatic carbocycles. The molecule has 236 valence electrons. The Kier molecular flexibility index (Phi) is 7.53. The fourth-order valence-corrected chi connectivity index (χ4v) is 7.30. The highest BCUT2D eigenvalue weighted by atomic mass is 16.3. The van der Waals surface area contributed by atoms with Crippen LogP contribution in [0.2, 0.25) is 0 Å². The average Bonchev–Trinajstić information content (AvgIpc) is 3.59. The van der Waals surface area contributed by atoms with Gasteiger partial charge < -0.3 is 9.32 Å². The molecule has 0 saturated carbocycles. The summed E-state index contributed by atoms with van der Waals surface area (Å²) in [6.45, 7) is 0. The van der Waals surface area contributed by atoms with Crippen molar-refractivity contribution >= 4 is 39.0 Å². The number of furan rings is 1. The first-order chi connectivity index (χ1) is 24.8. The molecule has 9 rings (SSSR count). The van der Waals surface area contributed by atoms with Gasteiger partial charge in [-0.1, -0.05) is 170 Å². The average molecular weight is 640 g/mol. The van der Waals surface area contributed by atoms with Gasteiger partial charge in [0.05, 0.1) is 22.4 Å². The van der Waals surface area contributed by atoms with E-state index in [0.29, 0.717) is 0 Å². The number of fused-ring (bicyclic) bond motifs is 3. The van der Waals surface area contributed by atoms with Gasteiger partial charge in [0.15, 0.2) is 0 Å². The lowest BCUT2D eigenvalue weighted by Crippen LogP contribution is -2.13. The molecular formula is C48H33NO. The summed E-state index contributed by atoms with van der Waals surface area (Å²) in [6, 6.07) is 71.1. The molecule has 50 heavy (non-hydrogen) atoms. The van der Waals surface area contributed by atoms with Crippen molar-refractivity contribution in [1.29, 1.82) is 0 Å². The number of hydrogen-bond acceptors (Lipinski definition) is 2. The van der Waals surface area contributed by atoms with E-state index in [2.05, 4.69) is 199 Å². The van der Waals surface area contributed by atoms with Crippen LogP contribution in [0.4, 0.5) is 17.1 Å². The molecule has 0 amide bonds. The van der Waals surface area contributed by atoms with E-state index in [1.165, 1.54) is 33.4 Å². The SMILES string of the molecule is c1ccc(-c2ccccc2-c2ccccc2N(c2ccccc2-c2ccccc2-c2ccccc2)c2cccc3oc4ccccc4c23)cc1. The standard InChI is InChI=1S/C48H33NO/c1-3-18-34(19-4-1)36-22-7-9-24-38(36)40-26-11-14-29-43(40)49(45-31-17-33-47-48(45)42-28-13-16-32-46(42)50-47)44-30-15-12-27-41(44)39-25-10-8-23-37(39)35-20-5-2-6-21-35/h1-33H. The maximum atomic E-state index is 6.47. The van der Waals surface area contributed by atoms with Crippen molar-refractivity contribution in [2.24, 2.45) is 0 Å². The second-order valence-electron chi connectivity index (χ2n) is 12.4. The highest BCUT2D eigenvalue weighted by molar-refractivity contribution is 6.14. The van der Waals surface area contributed by atoms with E-state index in [9.17, 15) is 0 Å². The summed E-state index contributed by atoms with van der Waals surface area (Å²) < 4.78 is 6.47. The topological polar surface area (TPSA) is 16.4 Å². The smallest absolute Gasteiger partial charge is 0.137 e. The summed E-state index contributed by atoms with van der Waals surface area (Å²) in [5.41, 5.74) is 14.3. The molecule has 0 aliphatic carbocycles. The molecule has 0 aliphatic rings. The van der Waals surface area contributed by atoms with Gasteiger partial charge in [0.1, 0.15) is 11.2 Å². The van der Waals surface area contributed by atoms with Gasteiger partial charge in [-0.3, -0.25) is 0 Å². The van der Waals surface area contributed by atoms with Crippen LogP contribution in [0.15, 0.2) is 205 Å². The maximum Gasteiger partial charge on any atom is 0.137 e. The third-order valence-corrected chi connectivity index (χ3v) is 9.52. The van der Waals surface area contributed by atoms with Crippen LogP contribution in [0.3, 0.4) is 0 Å². The van der Waals surface area contributed by atoms with E-state index < -0.39 is 0 Å². The Balaban J connectivity index is 1.36. The molecule has 2 nitrogen and oxygen atoms in total. The maximum absolute atomic E-state index is 6.47. The summed E-state index contributed by atoms with van der Waals surface area (Å²) >= 11 is 0. The Hall–Kier alpha value is -6.64. The number of anilines is 3. The predicted octanol–water partition coefficient (Wildman–Crippen LogP) is 13.7. The zero-order chi connectivity index (χ0) is 33.3. The Bertz CT molecular complexity index is 2470. The molecule has 0 spiro atoms. The summed E-state index contributed by atoms with van der Waals surface area (Å²) in [7, 11) is 0. The molecular weight excluding hydrogens is 607 g/mol. The zero-order valence-electron chi connectivity index (χ0n) is 27.4. The molecule has 0 fully saturated rings. The first-order valence-electron chi connectivity index (χ1n) is 17.0. The Labute approximate surface area is 292 Å². The van der Waals surface area contributed by atoms with Crippen molar-refractivity contribution in [1.82, 2.24) is 0 Å². The minimum atomic E-state index is 0.859. The molecule has 0 N–H and O–H groups in total. The summed E-state index contributed by atoms with van der Waals surface area (Å²) in [6.07, 6.45) is 0. The Morgan fingerprint density at radius 1 is 0.280 bits per heavy atom. The van der Waals surface area contributed by atoms with Crippen molar-refractivity contribution in [3.05, 3.63) is 200 Å². The van der Waals surface area contributed by atoms with Gasteiger partial charge in [-0.2, -0.15) is 0 Å². The van der Waals surface area contributed by atoms with E-state index in [4.69, 9.17) is 4.42 Å². The van der Waals surface area contributed by atoms with Crippen molar-refractivity contribution < 1.29 is 4.42 Å². The molecule has 0 radical (unpaired) electrons. The Morgan fingerprint density at radius 2 is 0.680 bits per heavy atom. The fourth-order valence-electron chi connectivity index (χ4n) is 7.30. The monoisotopic (exact) mass is 639 g/mol. The lowest BCUT2D eigenvalue weighted by Gasteiger charge is -2.31.